The molecule has 0 amide bonds. The van der Waals surface area contributed by atoms with Gasteiger partial charge in [-0.3, -0.25) is 9.59 Å². The maximum absolute atomic E-state index is 10.3. The monoisotopic (exact) mass is 523 g/mol. The summed E-state index contributed by atoms with van der Waals surface area (Å²) >= 11 is 12.2. The van der Waals surface area contributed by atoms with E-state index in [1.165, 1.54) is 19.4 Å². The summed E-state index contributed by atoms with van der Waals surface area (Å²) in [6.45, 7) is 7.64. The number of hydrogen-bond donors (Lipinski definition) is 4. The number of rotatable bonds is 12. The molecular formula is C22H31Cl2NO9. The molecule has 0 spiro atoms. The van der Waals surface area contributed by atoms with E-state index in [-0.39, 0.29) is 0 Å². The molecule has 2 rings (SSSR count). The summed E-state index contributed by atoms with van der Waals surface area (Å²) in [6.07, 6.45) is 1.27. The van der Waals surface area contributed by atoms with Crippen LogP contribution >= 0.6 is 23.2 Å². The standard InChI is InChI=1S/C16H23Cl2NO2.C6H8O7/c1-3-19-8-5-6-13(19)7-9-21-15-11-12(17)10-14(18)16(15)20-4-2;7-3(8)1-6(13,5(11)12)2-4(9)10/h10-11,13H,3-9H2,1-2H3;13H,1-2H2,(H,7,8)(H,9,10)(H,11,12). The zero-order valence-electron chi connectivity index (χ0n) is 19.1. The summed E-state index contributed by atoms with van der Waals surface area (Å²) in [7, 11) is 0. The van der Waals surface area contributed by atoms with E-state index in [2.05, 4.69) is 11.8 Å². The molecule has 0 aromatic heterocycles. The van der Waals surface area contributed by atoms with Gasteiger partial charge in [0, 0.05) is 17.1 Å². The van der Waals surface area contributed by atoms with Gasteiger partial charge in [0.1, 0.15) is 0 Å². The lowest BCUT2D eigenvalue weighted by Gasteiger charge is -2.23. The molecule has 1 aliphatic heterocycles. The maximum Gasteiger partial charge on any atom is 0.336 e. The van der Waals surface area contributed by atoms with Crippen molar-refractivity contribution in [2.75, 3.05) is 26.3 Å². The van der Waals surface area contributed by atoms with Gasteiger partial charge in [-0.25, -0.2) is 4.79 Å². The van der Waals surface area contributed by atoms with E-state index in [9.17, 15) is 14.4 Å². The number of hydrogen-bond acceptors (Lipinski definition) is 7. The highest BCUT2D eigenvalue weighted by Gasteiger charge is 2.40. The first kappa shape index (κ1) is 29.8. The SMILES string of the molecule is CCOc1c(Cl)cc(Cl)cc1OCCC1CCCN1CC.O=C(O)CC(O)(CC(=O)O)C(=O)O. The predicted octanol–water partition coefficient (Wildman–Crippen LogP) is 3.40. The van der Waals surface area contributed by atoms with Crippen LogP contribution in [0.3, 0.4) is 0 Å². The van der Waals surface area contributed by atoms with Gasteiger partial charge in [0.25, 0.3) is 0 Å². The number of ether oxygens (including phenoxy) is 2. The summed E-state index contributed by atoms with van der Waals surface area (Å²) in [6, 6.07) is 4.07. The minimum atomic E-state index is -2.74. The maximum atomic E-state index is 10.3. The van der Waals surface area contributed by atoms with E-state index >= 15 is 0 Å². The summed E-state index contributed by atoms with van der Waals surface area (Å²) in [5.74, 6) is -3.80. The fourth-order valence-corrected chi connectivity index (χ4v) is 4.12. The van der Waals surface area contributed by atoms with Crippen LogP contribution in [0.2, 0.25) is 10.0 Å². The molecule has 0 saturated carbocycles. The average Bonchev–Trinajstić information content (AvgIpc) is 3.17. The molecular weight excluding hydrogens is 493 g/mol. The third kappa shape index (κ3) is 9.54. The number of carboxylic acid groups (broad SMARTS) is 3. The van der Waals surface area contributed by atoms with Gasteiger partial charge in [0.05, 0.1) is 31.1 Å². The lowest BCUT2D eigenvalue weighted by molar-refractivity contribution is -0.170. The average molecular weight is 524 g/mol. The number of likely N-dealkylation sites (tertiary alicyclic amines) is 1. The van der Waals surface area contributed by atoms with E-state index < -0.39 is 36.4 Å². The quantitative estimate of drug-likeness (QED) is 0.320. The van der Waals surface area contributed by atoms with Crippen molar-refractivity contribution >= 4 is 41.1 Å². The third-order valence-corrected chi connectivity index (χ3v) is 5.66. The van der Waals surface area contributed by atoms with Gasteiger partial charge in [-0.15, -0.1) is 0 Å². The number of aliphatic hydroxyl groups is 1. The Balaban J connectivity index is 0.000000385. The lowest BCUT2D eigenvalue weighted by Crippen LogP contribution is -2.42. The topological polar surface area (TPSA) is 154 Å². The molecule has 10 nitrogen and oxygen atoms in total. The first-order chi connectivity index (χ1) is 15.9. The van der Waals surface area contributed by atoms with E-state index in [1.807, 2.05) is 6.92 Å². The van der Waals surface area contributed by atoms with Crippen LogP contribution in [0.25, 0.3) is 0 Å². The van der Waals surface area contributed by atoms with Crippen LogP contribution in [0, 0.1) is 0 Å². The van der Waals surface area contributed by atoms with Gasteiger partial charge >= 0.3 is 17.9 Å². The van der Waals surface area contributed by atoms with Crippen molar-refractivity contribution in [3.8, 4) is 11.5 Å². The van der Waals surface area contributed by atoms with Crippen molar-refractivity contribution in [2.24, 2.45) is 0 Å². The number of nitrogens with zero attached hydrogens (tertiary/aromatic N) is 1. The zero-order valence-corrected chi connectivity index (χ0v) is 20.6. The van der Waals surface area contributed by atoms with Crippen LogP contribution in [0.5, 0.6) is 11.5 Å². The summed E-state index contributed by atoms with van der Waals surface area (Å²) in [5, 5.41) is 34.9. The molecule has 0 bridgehead atoms. The zero-order chi connectivity index (χ0) is 25.9. The number of aliphatic carboxylic acids is 3. The minimum Gasteiger partial charge on any atom is -0.490 e. The number of carbonyl (C=O) groups is 3. The smallest absolute Gasteiger partial charge is 0.336 e. The third-order valence-electron chi connectivity index (χ3n) is 5.16. The Kier molecular flexibility index (Phi) is 12.4. The normalized spacial score (nSPS) is 15.9. The van der Waals surface area contributed by atoms with Gasteiger partial charge in [-0.2, -0.15) is 0 Å². The van der Waals surface area contributed by atoms with Gasteiger partial charge in [-0.1, -0.05) is 30.1 Å². The van der Waals surface area contributed by atoms with E-state index in [1.54, 1.807) is 12.1 Å². The first-order valence-corrected chi connectivity index (χ1v) is 11.6. The van der Waals surface area contributed by atoms with Crippen LogP contribution in [-0.4, -0.2) is 81.2 Å². The first-order valence-electron chi connectivity index (χ1n) is 10.8. The highest BCUT2D eigenvalue weighted by atomic mass is 35.5. The lowest BCUT2D eigenvalue weighted by atomic mass is 9.96. The number of carboxylic acids is 3. The van der Waals surface area contributed by atoms with Crippen LogP contribution in [0.1, 0.15) is 46.0 Å². The largest absolute Gasteiger partial charge is 0.490 e. The Labute approximate surface area is 208 Å². The second-order valence-corrected chi connectivity index (χ2v) is 8.53. The Bertz CT molecular complexity index is 834. The summed E-state index contributed by atoms with van der Waals surface area (Å²) < 4.78 is 11.4. The van der Waals surface area contributed by atoms with Crippen LogP contribution in [0.4, 0.5) is 0 Å². The molecule has 1 aromatic rings. The molecule has 1 fully saturated rings. The van der Waals surface area contributed by atoms with Gasteiger partial charge in [-0.05, 0) is 45.3 Å². The van der Waals surface area contributed by atoms with E-state index in [0.717, 1.165) is 13.0 Å². The molecule has 1 aliphatic rings. The van der Waals surface area contributed by atoms with Crippen molar-refractivity contribution in [1.82, 2.24) is 4.90 Å². The highest BCUT2D eigenvalue weighted by Crippen LogP contribution is 2.38. The Hall–Kier alpha value is -2.27. The molecule has 1 aromatic carbocycles. The second-order valence-electron chi connectivity index (χ2n) is 7.69. The number of benzene rings is 1. The van der Waals surface area contributed by atoms with Gasteiger partial charge in [0.15, 0.2) is 17.1 Å². The molecule has 0 aliphatic carbocycles. The molecule has 0 radical (unpaired) electrons. The molecule has 1 saturated heterocycles. The van der Waals surface area contributed by atoms with Crippen LogP contribution in [0.15, 0.2) is 12.1 Å². The number of halogens is 2. The fraction of sp³-hybridized carbons (Fsp3) is 0.591. The Morgan fingerprint density at radius 3 is 2.21 bits per heavy atom. The van der Waals surface area contributed by atoms with Crippen molar-refractivity contribution in [1.29, 1.82) is 0 Å². The van der Waals surface area contributed by atoms with Crippen molar-refractivity contribution in [3.05, 3.63) is 22.2 Å². The minimum absolute atomic E-state index is 0.496. The van der Waals surface area contributed by atoms with E-state index in [0.29, 0.717) is 40.8 Å². The second kappa shape index (κ2) is 14.2. The molecule has 12 heteroatoms. The molecule has 34 heavy (non-hydrogen) atoms. The van der Waals surface area contributed by atoms with Crippen molar-refractivity contribution < 1.29 is 44.3 Å². The molecule has 1 heterocycles. The Morgan fingerprint density at radius 2 is 1.71 bits per heavy atom. The van der Waals surface area contributed by atoms with Crippen molar-refractivity contribution in [2.45, 2.75) is 57.6 Å². The van der Waals surface area contributed by atoms with Crippen molar-refractivity contribution in [3.63, 3.8) is 0 Å². The molecule has 192 valence electrons. The van der Waals surface area contributed by atoms with Gasteiger partial charge in [0.2, 0.25) is 0 Å². The molecule has 1 atom stereocenters. The van der Waals surface area contributed by atoms with Crippen LogP contribution in [-0.2, 0) is 14.4 Å². The highest BCUT2D eigenvalue weighted by molar-refractivity contribution is 6.35. The van der Waals surface area contributed by atoms with Crippen LogP contribution < -0.4 is 9.47 Å². The molecule has 4 N–H and O–H groups in total. The summed E-state index contributed by atoms with van der Waals surface area (Å²) in [5.41, 5.74) is -2.74. The summed E-state index contributed by atoms with van der Waals surface area (Å²) in [4.78, 5) is 33.0. The Morgan fingerprint density at radius 1 is 1.09 bits per heavy atom. The molecule has 1 unspecified atom stereocenters. The fourth-order valence-electron chi connectivity index (χ4n) is 3.59. The predicted molar refractivity (Wildman–Crippen MR) is 125 cm³/mol. The van der Waals surface area contributed by atoms with E-state index in [4.69, 9.17) is 53.1 Å². The van der Waals surface area contributed by atoms with Gasteiger partial charge < -0.3 is 34.8 Å².